The SMILES string of the molecule is COc1ccc(C(/C(Cl)=N\O)c2ccccc2)cc1. The van der Waals surface area contributed by atoms with Crippen LogP contribution >= 0.6 is 11.6 Å². The van der Waals surface area contributed by atoms with Gasteiger partial charge in [-0.15, -0.1) is 0 Å². The quantitative estimate of drug-likeness (QED) is 0.523. The normalized spacial score (nSPS) is 13.1. The van der Waals surface area contributed by atoms with E-state index >= 15 is 0 Å². The molecule has 98 valence electrons. The molecule has 0 saturated carbocycles. The van der Waals surface area contributed by atoms with Gasteiger partial charge in [0.15, 0.2) is 5.17 Å². The Morgan fingerprint density at radius 3 is 2.16 bits per heavy atom. The fourth-order valence-corrected chi connectivity index (χ4v) is 2.22. The Balaban J connectivity index is 2.43. The number of oxime groups is 1. The van der Waals surface area contributed by atoms with Crippen molar-refractivity contribution >= 4 is 16.8 Å². The molecule has 0 spiro atoms. The lowest BCUT2D eigenvalue weighted by atomic mass is 9.92. The van der Waals surface area contributed by atoms with E-state index in [0.717, 1.165) is 16.9 Å². The van der Waals surface area contributed by atoms with Gasteiger partial charge in [0.05, 0.1) is 13.0 Å². The van der Waals surface area contributed by atoms with Gasteiger partial charge in [0.2, 0.25) is 0 Å². The van der Waals surface area contributed by atoms with Crippen molar-refractivity contribution in [2.45, 2.75) is 5.92 Å². The molecular weight excluding hydrogens is 262 g/mol. The predicted molar refractivity (Wildman–Crippen MR) is 76.4 cm³/mol. The molecule has 3 nitrogen and oxygen atoms in total. The molecule has 1 N–H and O–H groups in total. The lowest BCUT2D eigenvalue weighted by molar-refractivity contribution is 0.319. The highest BCUT2D eigenvalue weighted by atomic mass is 35.5. The molecule has 0 aliphatic carbocycles. The van der Waals surface area contributed by atoms with Gasteiger partial charge in [0.25, 0.3) is 0 Å². The molecule has 19 heavy (non-hydrogen) atoms. The summed E-state index contributed by atoms with van der Waals surface area (Å²) in [4.78, 5) is 0. The molecule has 0 aromatic heterocycles. The predicted octanol–water partition coefficient (Wildman–Crippen LogP) is 3.85. The summed E-state index contributed by atoms with van der Waals surface area (Å²) in [6.07, 6.45) is 0. The molecule has 2 aromatic rings. The first kappa shape index (κ1) is 13.4. The Labute approximate surface area is 117 Å². The third-order valence-corrected chi connectivity index (χ3v) is 3.21. The van der Waals surface area contributed by atoms with Crippen molar-refractivity contribution in [2.24, 2.45) is 5.16 Å². The second kappa shape index (κ2) is 6.25. The van der Waals surface area contributed by atoms with Crippen LogP contribution in [0.2, 0.25) is 0 Å². The van der Waals surface area contributed by atoms with Crippen LogP contribution in [0.15, 0.2) is 59.8 Å². The number of rotatable bonds is 4. The van der Waals surface area contributed by atoms with Crippen molar-refractivity contribution in [3.8, 4) is 5.75 Å². The molecule has 0 fully saturated rings. The largest absolute Gasteiger partial charge is 0.497 e. The lowest BCUT2D eigenvalue weighted by Gasteiger charge is -2.15. The van der Waals surface area contributed by atoms with Crippen LogP contribution in [-0.4, -0.2) is 17.5 Å². The minimum atomic E-state index is -0.279. The van der Waals surface area contributed by atoms with Gasteiger partial charge >= 0.3 is 0 Å². The lowest BCUT2D eigenvalue weighted by Crippen LogP contribution is -2.09. The average Bonchev–Trinajstić information content (AvgIpc) is 2.49. The number of methoxy groups -OCH3 is 1. The fourth-order valence-electron chi connectivity index (χ4n) is 1.97. The van der Waals surface area contributed by atoms with Crippen LogP contribution in [0.3, 0.4) is 0 Å². The second-order valence-corrected chi connectivity index (χ2v) is 4.43. The maximum Gasteiger partial charge on any atom is 0.157 e. The van der Waals surface area contributed by atoms with E-state index in [2.05, 4.69) is 5.16 Å². The Morgan fingerprint density at radius 2 is 1.63 bits per heavy atom. The number of nitrogens with zero attached hydrogens (tertiary/aromatic N) is 1. The third-order valence-electron chi connectivity index (χ3n) is 2.92. The fraction of sp³-hybridized carbons (Fsp3) is 0.133. The van der Waals surface area contributed by atoms with Gasteiger partial charge in [-0.05, 0) is 23.3 Å². The van der Waals surface area contributed by atoms with Crippen molar-refractivity contribution in [1.29, 1.82) is 0 Å². The topological polar surface area (TPSA) is 41.8 Å². The Morgan fingerprint density at radius 1 is 1.05 bits per heavy atom. The van der Waals surface area contributed by atoms with Gasteiger partial charge in [-0.2, -0.15) is 0 Å². The summed E-state index contributed by atoms with van der Waals surface area (Å²) in [5.41, 5.74) is 1.91. The van der Waals surface area contributed by atoms with Crippen molar-refractivity contribution < 1.29 is 9.94 Å². The molecule has 0 radical (unpaired) electrons. The maximum absolute atomic E-state index is 8.96. The highest BCUT2D eigenvalue weighted by Gasteiger charge is 2.19. The summed E-state index contributed by atoms with van der Waals surface area (Å²) < 4.78 is 5.13. The summed E-state index contributed by atoms with van der Waals surface area (Å²) in [5.74, 6) is 0.492. The minimum absolute atomic E-state index is 0.136. The summed E-state index contributed by atoms with van der Waals surface area (Å²) >= 11 is 6.04. The third kappa shape index (κ3) is 3.06. The zero-order valence-corrected chi connectivity index (χ0v) is 11.2. The first-order valence-electron chi connectivity index (χ1n) is 5.82. The monoisotopic (exact) mass is 275 g/mol. The smallest absolute Gasteiger partial charge is 0.157 e. The number of benzene rings is 2. The first-order chi connectivity index (χ1) is 9.26. The number of ether oxygens (including phenoxy) is 1. The highest BCUT2D eigenvalue weighted by molar-refractivity contribution is 6.66. The van der Waals surface area contributed by atoms with E-state index in [0.29, 0.717) is 0 Å². The van der Waals surface area contributed by atoms with Gasteiger partial charge in [-0.25, -0.2) is 0 Å². The van der Waals surface area contributed by atoms with E-state index in [4.69, 9.17) is 21.5 Å². The van der Waals surface area contributed by atoms with Crippen LogP contribution in [0.5, 0.6) is 5.75 Å². The summed E-state index contributed by atoms with van der Waals surface area (Å²) in [6, 6.07) is 17.2. The van der Waals surface area contributed by atoms with Crippen molar-refractivity contribution in [1.82, 2.24) is 0 Å². The number of hydrogen-bond acceptors (Lipinski definition) is 3. The molecule has 2 aromatic carbocycles. The summed E-state index contributed by atoms with van der Waals surface area (Å²) in [6.45, 7) is 0. The van der Waals surface area contributed by atoms with Gasteiger partial charge in [0, 0.05) is 0 Å². The van der Waals surface area contributed by atoms with E-state index < -0.39 is 0 Å². The molecule has 0 saturated heterocycles. The summed E-state index contributed by atoms with van der Waals surface area (Å²) in [7, 11) is 1.62. The van der Waals surface area contributed by atoms with Crippen molar-refractivity contribution in [3.63, 3.8) is 0 Å². The first-order valence-corrected chi connectivity index (χ1v) is 6.20. The molecule has 0 aliphatic rings. The van der Waals surface area contributed by atoms with Gasteiger partial charge < -0.3 is 9.94 Å². The van der Waals surface area contributed by atoms with Gasteiger partial charge in [-0.3, -0.25) is 0 Å². The molecule has 0 amide bonds. The molecular formula is C15H14ClNO2. The molecule has 0 heterocycles. The zero-order chi connectivity index (χ0) is 13.7. The van der Waals surface area contributed by atoms with Gasteiger partial charge in [0.1, 0.15) is 5.75 Å². The van der Waals surface area contributed by atoms with E-state index in [1.54, 1.807) is 7.11 Å². The van der Waals surface area contributed by atoms with Gasteiger partial charge in [-0.1, -0.05) is 59.2 Å². The highest BCUT2D eigenvalue weighted by Crippen LogP contribution is 2.29. The van der Waals surface area contributed by atoms with Crippen LogP contribution in [0, 0.1) is 0 Å². The minimum Gasteiger partial charge on any atom is -0.497 e. The molecule has 1 unspecified atom stereocenters. The van der Waals surface area contributed by atoms with E-state index in [1.165, 1.54) is 0 Å². The Hall–Kier alpha value is -2.00. The van der Waals surface area contributed by atoms with Crippen LogP contribution in [-0.2, 0) is 0 Å². The number of hydrogen-bond donors (Lipinski definition) is 1. The maximum atomic E-state index is 8.96. The Bertz CT molecular complexity index is 552. The van der Waals surface area contributed by atoms with Crippen molar-refractivity contribution in [2.75, 3.05) is 7.11 Å². The molecule has 0 bridgehead atoms. The Kier molecular flexibility index (Phi) is 4.42. The van der Waals surface area contributed by atoms with E-state index in [1.807, 2.05) is 54.6 Å². The van der Waals surface area contributed by atoms with E-state index in [9.17, 15) is 0 Å². The number of halogens is 1. The molecule has 1 atom stereocenters. The summed E-state index contributed by atoms with van der Waals surface area (Å²) in [5, 5.41) is 12.2. The van der Waals surface area contributed by atoms with Crippen LogP contribution < -0.4 is 4.74 Å². The molecule has 4 heteroatoms. The molecule has 0 aliphatic heterocycles. The standard InChI is InChI=1S/C15H14ClNO2/c1-19-13-9-7-12(8-10-13)14(15(16)17-18)11-5-3-2-4-6-11/h2-10,14,18H,1H3/b17-15+. The van der Waals surface area contributed by atoms with Crippen LogP contribution in [0.4, 0.5) is 0 Å². The molecule has 2 rings (SSSR count). The second-order valence-electron chi connectivity index (χ2n) is 4.04. The van der Waals surface area contributed by atoms with Crippen LogP contribution in [0.25, 0.3) is 0 Å². The van der Waals surface area contributed by atoms with Crippen LogP contribution in [0.1, 0.15) is 17.0 Å². The average molecular weight is 276 g/mol. The zero-order valence-electron chi connectivity index (χ0n) is 10.5. The van der Waals surface area contributed by atoms with E-state index in [-0.39, 0.29) is 11.1 Å². The van der Waals surface area contributed by atoms with Crippen molar-refractivity contribution in [3.05, 3.63) is 65.7 Å².